The Kier molecular flexibility index (Phi) is 5.96. The Morgan fingerprint density at radius 1 is 1.16 bits per heavy atom. The summed E-state index contributed by atoms with van der Waals surface area (Å²) in [5, 5.41) is 11.7. The van der Waals surface area contributed by atoms with Crippen molar-refractivity contribution in [3.05, 3.63) is 59.4 Å². The number of rotatable bonds is 6. The van der Waals surface area contributed by atoms with Crippen LogP contribution in [0.25, 0.3) is 0 Å². The molecule has 0 radical (unpaired) electrons. The van der Waals surface area contributed by atoms with Gasteiger partial charge in [-0.3, -0.25) is 4.79 Å². The molecule has 5 nitrogen and oxygen atoms in total. The molecular formula is C19H19FN2O3. The Balaban J connectivity index is 2.03. The number of amides is 1. The minimum Gasteiger partial charge on any atom is -0.493 e. The van der Waals surface area contributed by atoms with Crippen LogP contribution >= 0.6 is 0 Å². The summed E-state index contributed by atoms with van der Waals surface area (Å²) in [6.07, 6.45) is -0.773. The predicted octanol–water partition coefficient (Wildman–Crippen LogP) is 3.35. The monoisotopic (exact) mass is 342 g/mol. The Labute approximate surface area is 146 Å². The van der Waals surface area contributed by atoms with Crippen molar-refractivity contribution in [3.63, 3.8) is 0 Å². The van der Waals surface area contributed by atoms with Gasteiger partial charge < -0.3 is 14.8 Å². The number of nitrogens with zero attached hydrogens (tertiary/aromatic N) is 1. The summed E-state index contributed by atoms with van der Waals surface area (Å²) >= 11 is 0. The van der Waals surface area contributed by atoms with Crippen molar-refractivity contribution >= 4 is 5.91 Å². The van der Waals surface area contributed by atoms with Gasteiger partial charge in [0.15, 0.2) is 17.6 Å². The third-order valence-electron chi connectivity index (χ3n) is 3.69. The number of nitriles is 1. The molecule has 0 heterocycles. The molecule has 1 N–H and O–H groups in total. The second-order valence-corrected chi connectivity index (χ2v) is 5.52. The molecule has 0 aliphatic carbocycles. The summed E-state index contributed by atoms with van der Waals surface area (Å²) in [5.74, 6) is 0.110. The molecule has 0 aliphatic heterocycles. The molecule has 2 aromatic carbocycles. The van der Waals surface area contributed by atoms with Gasteiger partial charge in [-0.15, -0.1) is 0 Å². The second-order valence-electron chi connectivity index (χ2n) is 5.52. The molecule has 1 amide bonds. The highest BCUT2D eigenvalue weighted by Gasteiger charge is 2.19. The van der Waals surface area contributed by atoms with Crippen molar-refractivity contribution in [2.45, 2.75) is 26.0 Å². The number of benzene rings is 2. The number of hydrogen-bond donors (Lipinski definition) is 1. The number of carbonyl (C=O) groups excluding carboxylic acids is 1. The van der Waals surface area contributed by atoms with Gasteiger partial charge >= 0.3 is 0 Å². The maximum absolute atomic E-state index is 13.0. The van der Waals surface area contributed by atoms with Gasteiger partial charge in [-0.25, -0.2) is 4.39 Å². The molecule has 0 bridgehead atoms. The predicted molar refractivity (Wildman–Crippen MR) is 90.8 cm³/mol. The van der Waals surface area contributed by atoms with Crippen molar-refractivity contribution in [2.24, 2.45) is 0 Å². The highest BCUT2D eigenvalue weighted by atomic mass is 19.1. The van der Waals surface area contributed by atoms with Gasteiger partial charge in [-0.05, 0) is 43.7 Å². The van der Waals surface area contributed by atoms with E-state index in [-0.39, 0.29) is 17.8 Å². The van der Waals surface area contributed by atoms with Gasteiger partial charge in [0.2, 0.25) is 0 Å². The lowest BCUT2D eigenvalue weighted by Gasteiger charge is -2.20. The topological polar surface area (TPSA) is 71.3 Å². The number of carbonyl (C=O) groups is 1. The molecular weight excluding hydrogens is 323 g/mol. The van der Waals surface area contributed by atoms with E-state index in [1.54, 1.807) is 44.2 Å². The number of halogens is 1. The van der Waals surface area contributed by atoms with Crippen LogP contribution in [0, 0.1) is 17.1 Å². The Morgan fingerprint density at radius 2 is 1.84 bits per heavy atom. The Bertz CT molecular complexity index is 784. The zero-order chi connectivity index (χ0) is 18.4. The maximum atomic E-state index is 13.0. The second kappa shape index (κ2) is 8.15. The fourth-order valence-corrected chi connectivity index (χ4v) is 2.24. The van der Waals surface area contributed by atoms with Crippen molar-refractivity contribution in [2.75, 3.05) is 7.11 Å². The van der Waals surface area contributed by atoms with Crippen molar-refractivity contribution in [1.29, 1.82) is 5.26 Å². The largest absolute Gasteiger partial charge is 0.493 e. The van der Waals surface area contributed by atoms with Crippen LogP contribution in [0.3, 0.4) is 0 Å². The first-order chi connectivity index (χ1) is 11.9. The summed E-state index contributed by atoms with van der Waals surface area (Å²) in [6.45, 7) is 3.42. The van der Waals surface area contributed by atoms with Crippen LogP contribution in [0.5, 0.6) is 11.5 Å². The lowest BCUT2D eigenvalue weighted by atomic mass is 10.1. The molecule has 0 unspecified atom stereocenters. The number of ether oxygens (including phenoxy) is 2. The zero-order valence-electron chi connectivity index (χ0n) is 14.2. The van der Waals surface area contributed by atoms with Crippen LogP contribution in [0.1, 0.15) is 31.0 Å². The quantitative estimate of drug-likeness (QED) is 0.874. The smallest absolute Gasteiger partial charge is 0.261 e. The van der Waals surface area contributed by atoms with Crippen LogP contribution in [0.2, 0.25) is 0 Å². The molecule has 0 aliphatic rings. The number of hydrogen-bond acceptors (Lipinski definition) is 4. The van der Waals surface area contributed by atoms with Gasteiger partial charge in [-0.1, -0.05) is 12.1 Å². The van der Waals surface area contributed by atoms with Gasteiger partial charge in [0.1, 0.15) is 5.82 Å². The molecule has 130 valence electrons. The fourth-order valence-electron chi connectivity index (χ4n) is 2.24. The molecule has 25 heavy (non-hydrogen) atoms. The van der Waals surface area contributed by atoms with Crippen molar-refractivity contribution < 1.29 is 18.7 Å². The van der Waals surface area contributed by atoms with E-state index in [1.165, 1.54) is 19.2 Å². The van der Waals surface area contributed by atoms with Crippen LogP contribution < -0.4 is 14.8 Å². The van der Waals surface area contributed by atoms with E-state index in [0.717, 1.165) is 5.56 Å². The molecule has 2 rings (SSSR count). The summed E-state index contributed by atoms with van der Waals surface area (Å²) in [6, 6.07) is 12.4. The highest BCUT2D eigenvalue weighted by Crippen LogP contribution is 2.28. The first kappa shape index (κ1) is 18.3. The molecule has 6 heteroatoms. The molecule has 0 saturated heterocycles. The fraction of sp³-hybridized carbons (Fsp3) is 0.263. The standard InChI is InChI=1S/C19H19FN2O3/c1-12(15-5-7-16(20)8-6-15)22-19(23)13(2)25-17-9-4-14(11-21)10-18(17)24-3/h4-10,12-13H,1-3H3,(H,22,23)/t12-,13-/m1/s1. The van der Waals surface area contributed by atoms with E-state index in [0.29, 0.717) is 17.1 Å². The normalized spacial score (nSPS) is 12.6. The zero-order valence-corrected chi connectivity index (χ0v) is 14.2. The van der Waals surface area contributed by atoms with Crippen molar-refractivity contribution in [3.8, 4) is 17.6 Å². The molecule has 0 fully saturated rings. The molecule has 2 aromatic rings. The van der Waals surface area contributed by atoms with Crippen LogP contribution in [-0.2, 0) is 4.79 Å². The summed E-state index contributed by atoms with van der Waals surface area (Å²) in [7, 11) is 1.46. The van der Waals surface area contributed by atoms with E-state index in [2.05, 4.69) is 5.32 Å². The van der Waals surface area contributed by atoms with Crippen LogP contribution in [-0.4, -0.2) is 19.1 Å². The van der Waals surface area contributed by atoms with Crippen molar-refractivity contribution in [1.82, 2.24) is 5.32 Å². The summed E-state index contributed by atoms with van der Waals surface area (Å²) in [5.41, 5.74) is 1.23. The van der Waals surface area contributed by atoms with Gasteiger partial charge in [-0.2, -0.15) is 5.26 Å². The maximum Gasteiger partial charge on any atom is 0.261 e. The Hall–Kier alpha value is -3.07. The van der Waals surface area contributed by atoms with Crippen LogP contribution in [0.15, 0.2) is 42.5 Å². The highest BCUT2D eigenvalue weighted by molar-refractivity contribution is 5.81. The summed E-state index contributed by atoms with van der Waals surface area (Å²) in [4.78, 5) is 12.3. The number of methoxy groups -OCH3 is 1. The lowest BCUT2D eigenvalue weighted by molar-refractivity contribution is -0.127. The lowest BCUT2D eigenvalue weighted by Crippen LogP contribution is -2.37. The first-order valence-electron chi connectivity index (χ1n) is 7.75. The molecule has 0 saturated carbocycles. The van der Waals surface area contributed by atoms with E-state index in [9.17, 15) is 9.18 Å². The minimum atomic E-state index is -0.773. The third-order valence-corrected chi connectivity index (χ3v) is 3.69. The molecule has 0 spiro atoms. The molecule has 0 aromatic heterocycles. The minimum absolute atomic E-state index is 0.290. The van der Waals surface area contributed by atoms with E-state index in [4.69, 9.17) is 14.7 Å². The average Bonchev–Trinajstić information content (AvgIpc) is 2.62. The summed E-state index contributed by atoms with van der Waals surface area (Å²) < 4.78 is 23.8. The van der Waals surface area contributed by atoms with Gasteiger partial charge in [0, 0.05) is 6.07 Å². The first-order valence-corrected chi connectivity index (χ1v) is 7.75. The third kappa shape index (κ3) is 4.70. The Morgan fingerprint density at radius 3 is 2.44 bits per heavy atom. The van der Waals surface area contributed by atoms with E-state index in [1.807, 2.05) is 6.07 Å². The van der Waals surface area contributed by atoms with Gasteiger partial charge in [0.05, 0.1) is 24.8 Å². The number of nitrogens with one attached hydrogen (secondary N) is 1. The van der Waals surface area contributed by atoms with E-state index < -0.39 is 6.10 Å². The van der Waals surface area contributed by atoms with Crippen LogP contribution in [0.4, 0.5) is 4.39 Å². The average molecular weight is 342 g/mol. The molecule has 2 atom stereocenters. The van der Waals surface area contributed by atoms with E-state index >= 15 is 0 Å². The van der Waals surface area contributed by atoms with Gasteiger partial charge in [0.25, 0.3) is 5.91 Å². The SMILES string of the molecule is COc1cc(C#N)ccc1O[C@H](C)C(=O)N[C@H](C)c1ccc(F)cc1.